The molecule has 1 aromatic heterocycles. The van der Waals surface area contributed by atoms with Gasteiger partial charge in [0.2, 0.25) is 6.79 Å². The van der Waals surface area contributed by atoms with E-state index in [0.717, 1.165) is 38.3 Å². The maximum absolute atomic E-state index is 12.7. The van der Waals surface area contributed by atoms with Gasteiger partial charge in [-0.1, -0.05) is 0 Å². The van der Waals surface area contributed by atoms with Gasteiger partial charge in [-0.05, 0) is 38.0 Å². The van der Waals surface area contributed by atoms with Gasteiger partial charge >= 0.3 is 0 Å². The van der Waals surface area contributed by atoms with Gasteiger partial charge in [0.05, 0.1) is 0 Å². The van der Waals surface area contributed by atoms with Crippen molar-refractivity contribution in [1.82, 2.24) is 19.7 Å². The molecule has 0 bridgehead atoms. The molecule has 0 spiro atoms. The van der Waals surface area contributed by atoms with Crippen molar-refractivity contribution in [2.75, 3.05) is 19.9 Å². The highest BCUT2D eigenvalue weighted by atomic mass is 16.7. The molecule has 126 valence electrons. The average molecular weight is 328 g/mol. The molecule has 2 aliphatic rings. The molecule has 1 amide bonds. The van der Waals surface area contributed by atoms with E-state index in [-0.39, 0.29) is 12.7 Å². The summed E-state index contributed by atoms with van der Waals surface area (Å²) in [7, 11) is 0. The maximum atomic E-state index is 12.7. The molecule has 24 heavy (non-hydrogen) atoms. The van der Waals surface area contributed by atoms with Gasteiger partial charge in [-0.25, -0.2) is 0 Å². The summed E-state index contributed by atoms with van der Waals surface area (Å²) in [6, 6.07) is 5.37. The number of likely N-dealkylation sites (tertiary alicyclic amines) is 1. The second kappa shape index (κ2) is 6.14. The number of fused-ring (bicyclic) bond motifs is 1. The second-order valence-corrected chi connectivity index (χ2v) is 6.11. The monoisotopic (exact) mass is 328 g/mol. The third kappa shape index (κ3) is 2.60. The minimum absolute atomic E-state index is 0.0451. The van der Waals surface area contributed by atoms with E-state index in [4.69, 9.17) is 9.47 Å². The summed E-state index contributed by atoms with van der Waals surface area (Å²) in [5, 5.41) is 8.27. The summed E-state index contributed by atoms with van der Waals surface area (Å²) in [5.74, 6) is 2.79. The lowest BCUT2D eigenvalue weighted by Gasteiger charge is -2.31. The van der Waals surface area contributed by atoms with Crippen LogP contribution in [0.25, 0.3) is 0 Å². The first-order valence-electron chi connectivity index (χ1n) is 8.33. The number of amides is 1. The number of carbonyl (C=O) groups excluding carboxylic acids is 1. The Bertz CT molecular complexity index is 750. The van der Waals surface area contributed by atoms with Crippen LogP contribution in [0.1, 0.15) is 41.9 Å². The third-order valence-electron chi connectivity index (χ3n) is 4.75. The third-order valence-corrected chi connectivity index (χ3v) is 4.75. The van der Waals surface area contributed by atoms with Crippen LogP contribution in [0.4, 0.5) is 0 Å². The fourth-order valence-electron chi connectivity index (χ4n) is 3.38. The number of nitrogens with zero attached hydrogens (tertiary/aromatic N) is 4. The van der Waals surface area contributed by atoms with Crippen molar-refractivity contribution in [3.05, 3.63) is 35.9 Å². The van der Waals surface area contributed by atoms with Gasteiger partial charge in [-0.15, -0.1) is 10.2 Å². The molecule has 7 nitrogen and oxygen atoms in total. The molecule has 0 aliphatic carbocycles. The zero-order chi connectivity index (χ0) is 16.5. The molecule has 0 unspecified atom stereocenters. The predicted molar refractivity (Wildman–Crippen MR) is 86.1 cm³/mol. The van der Waals surface area contributed by atoms with Crippen molar-refractivity contribution in [2.45, 2.75) is 32.2 Å². The minimum Gasteiger partial charge on any atom is -0.454 e. The number of aryl methyl sites for hydroxylation is 1. The molecule has 7 heteroatoms. The topological polar surface area (TPSA) is 69.5 Å². The number of hydrogen-bond donors (Lipinski definition) is 0. The molecule has 2 aromatic rings. The van der Waals surface area contributed by atoms with Gasteiger partial charge in [0.1, 0.15) is 12.2 Å². The van der Waals surface area contributed by atoms with Gasteiger partial charge < -0.3 is 18.9 Å². The number of aromatic nitrogens is 3. The molecule has 0 atom stereocenters. The minimum atomic E-state index is 0.0451. The fraction of sp³-hybridized carbons (Fsp3) is 0.471. The smallest absolute Gasteiger partial charge is 0.253 e. The summed E-state index contributed by atoms with van der Waals surface area (Å²) in [5.41, 5.74) is 0.648. The van der Waals surface area contributed by atoms with Crippen LogP contribution in [0.2, 0.25) is 0 Å². The highest BCUT2D eigenvalue weighted by Gasteiger charge is 2.28. The Morgan fingerprint density at radius 1 is 1.25 bits per heavy atom. The molecule has 0 radical (unpaired) electrons. The number of benzene rings is 1. The number of piperidine rings is 1. The standard InChI is InChI=1S/C17H20N4O3/c1-2-20-10-18-19-16(20)12-5-7-21(8-6-12)17(22)13-3-4-14-15(9-13)24-11-23-14/h3-4,9-10,12H,2,5-8,11H2,1H3. The van der Waals surface area contributed by atoms with E-state index in [1.807, 2.05) is 4.90 Å². The summed E-state index contributed by atoms with van der Waals surface area (Å²) < 4.78 is 12.7. The quantitative estimate of drug-likeness (QED) is 0.862. The second-order valence-electron chi connectivity index (χ2n) is 6.11. The Morgan fingerprint density at radius 3 is 2.83 bits per heavy atom. The van der Waals surface area contributed by atoms with E-state index in [1.165, 1.54) is 0 Å². The number of carbonyl (C=O) groups is 1. The zero-order valence-electron chi connectivity index (χ0n) is 13.6. The molecule has 1 aromatic carbocycles. The van der Waals surface area contributed by atoms with E-state index in [0.29, 0.717) is 23.0 Å². The zero-order valence-corrected chi connectivity index (χ0v) is 13.6. The van der Waals surface area contributed by atoms with Crippen LogP contribution in [0.5, 0.6) is 11.5 Å². The largest absolute Gasteiger partial charge is 0.454 e. The molecular weight excluding hydrogens is 308 g/mol. The highest BCUT2D eigenvalue weighted by molar-refractivity contribution is 5.95. The number of ether oxygens (including phenoxy) is 2. The normalized spacial score (nSPS) is 17.3. The first kappa shape index (κ1) is 15.0. The van der Waals surface area contributed by atoms with Crippen LogP contribution in [0, 0.1) is 0 Å². The molecule has 1 fully saturated rings. The maximum Gasteiger partial charge on any atom is 0.253 e. The molecule has 3 heterocycles. The molecule has 1 saturated heterocycles. The number of rotatable bonds is 3. The van der Waals surface area contributed by atoms with E-state index in [9.17, 15) is 4.79 Å². The van der Waals surface area contributed by atoms with E-state index in [1.54, 1.807) is 24.5 Å². The molecule has 0 N–H and O–H groups in total. The van der Waals surface area contributed by atoms with Crippen molar-refractivity contribution in [1.29, 1.82) is 0 Å². The predicted octanol–water partition coefficient (Wildman–Crippen LogP) is 2.05. The fourth-order valence-corrected chi connectivity index (χ4v) is 3.38. The lowest BCUT2D eigenvalue weighted by Crippen LogP contribution is -2.38. The van der Waals surface area contributed by atoms with E-state index < -0.39 is 0 Å². The Morgan fingerprint density at radius 2 is 2.04 bits per heavy atom. The Labute approximate surface area is 140 Å². The number of hydrogen-bond acceptors (Lipinski definition) is 5. The molecule has 4 rings (SSSR count). The molecule has 0 saturated carbocycles. The lowest BCUT2D eigenvalue weighted by atomic mass is 9.95. The van der Waals surface area contributed by atoms with Crippen molar-refractivity contribution >= 4 is 5.91 Å². The van der Waals surface area contributed by atoms with E-state index in [2.05, 4.69) is 21.7 Å². The van der Waals surface area contributed by atoms with Gasteiger partial charge in [0, 0.05) is 31.1 Å². The Kier molecular flexibility index (Phi) is 3.84. The van der Waals surface area contributed by atoms with E-state index >= 15 is 0 Å². The summed E-state index contributed by atoms with van der Waals surface area (Å²) >= 11 is 0. The van der Waals surface area contributed by atoms with Crippen molar-refractivity contribution in [2.24, 2.45) is 0 Å². The lowest BCUT2D eigenvalue weighted by molar-refractivity contribution is 0.0710. The van der Waals surface area contributed by atoms with Crippen LogP contribution in [-0.2, 0) is 6.54 Å². The summed E-state index contributed by atoms with van der Waals surface area (Å²) in [6.45, 7) is 4.64. The van der Waals surface area contributed by atoms with Crippen LogP contribution < -0.4 is 9.47 Å². The van der Waals surface area contributed by atoms with Crippen molar-refractivity contribution in [3.8, 4) is 11.5 Å². The Balaban J connectivity index is 1.43. The highest BCUT2D eigenvalue weighted by Crippen LogP contribution is 2.33. The molecule has 2 aliphatic heterocycles. The van der Waals surface area contributed by atoms with Gasteiger partial charge in [0.25, 0.3) is 5.91 Å². The Hall–Kier alpha value is -2.57. The average Bonchev–Trinajstić information content (AvgIpc) is 3.29. The van der Waals surface area contributed by atoms with Crippen molar-refractivity contribution in [3.63, 3.8) is 0 Å². The SMILES string of the molecule is CCn1cnnc1C1CCN(C(=O)c2ccc3c(c2)OCO3)CC1. The first-order chi connectivity index (χ1) is 11.8. The summed E-state index contributed by atoms with van der Waals surface area (Å²) in [4.78, 5) is 14.6. The van der Waals surface area contributed by atoms with Crippen LogP contribution >= 0.6 is 0 Å². The van der Waals surface area contributed by atoms with Gasteiger partial charge in [-0.2, -0.15) is 0 Å². The van der Waals surface area contributed by atoms with Crippen LogP contribution in [0.15, 0.2) is 24.5 Å². The van der Waals surface area contributed by atoms with Crippen molar-refractivity contribution < 1.29 is 14.3 Å². The first-order valence-corrected chi connectivity index (χ1v) is 8.33. The van der Waals surface area contributed by atoms with Crippen LogP contribution in [0.3, 0.4) is 0 Å². The summed E-state index contributed by atoms with van der Waals surface area (Å²) in [6.07, 6.45) is 3.60. The van der Waals surface area contributed by atoms with Gasteiger partial charge in [0.15, 0.2) is 11.5 Å². The van der Waals surface area contributed by atoms with Crippen LogP contribution in [-0.4, -0.2) is 45.5 Å². The molecular formula is C17H20N4O3. The van der Waals surface area contributed by atoms with Gasteiger partial charge in [-0.3, -0.25) is 4.79 Å².